The SMILES string of the molecule is CC(C)[C@H](C(=O)OCCOc1ccc(S(N)(=O)=O)cc1)c1ccc(Cl)cc1. The fraction of sp³-hybridized carbons (Fsp3) is 0.316. The maximum absolute atomic E-state index is 12.4. The number of halogens is 1. The van der Waals surface area contributed by atoms with Crippen molar-refractivity contribution in [2.75, 3.05) is 13.2 Å². The molecule has 2 rings (SSSR count). The number of primary sulfonamides is 1. The molecule has 1 atom stereocenters. The van der Waals surface area contributed by atoms with Gasteiger partial charge in [-0.05, 0) is 47.9 Å². The number of carbonyl (C=O) groups is 1. The van der Waals surface area contributed by atoms with Gasteiger partial charge in [-0.15, -0.1) is 0 Å². The van der Waals surface area contributed by atoms with Crippen LogP contribution in [0.3, 0.4) is 0 Å². The second-order valence-electron chi connectivity index (χ2n) is 6.31. The summed E-state index contributed by atoms with van der Waals surface area (Å²) in [5.74, 6) is -0.210. The highest BCUT2D eigenvalue weighted by atomic mass is 35.5. The summed E-state index contributed by atoms with van der Waals surface area (Å²) >= 11 is 5.90. The molecule has 0 fully saturated rings. The zero-order valence-corrected chi connectivity index (χ0v) is 16.7. The maximum atomic E-state index is 12.4. The van der Waals surface area contributed by atoms with E-state index < -0.39 is 15.9 Å². The Hall–Kier alpha value is -2.09. The first-order valence-electron chi connectivity index (χ1n) is 8.36. The number of hydrogen-bond donors (Lipinski definition) is 1. The van der Waals surface area contributed by atoms with Crippen molar-refractivity contribution in [3.63, 3.8) is 0 Å². The Morgan fingerprint density at radius 2 is 1.63 bits per heavy atom. The Labute approximate surface area is 164 Å². The molecule has 0 unspecified atom stereocenters. The zero-order chi connectivity index (χ0) is 20.0. The van der Waals surface area contributed by atoms with E-state index in [2.05, 4.69) is 0 Å². The van der Waals surface area contributed by atoms with E-state index in [-0.39, 0.29) is 30.0 Å². The van der Waals surface area contributed by atoms with Crippen molar-refractivity contribution in [3.8, 4) is 5.75 Å². The van der Waals surface area contributed by atoms with Crippen LogP contribution in [-0.2, 0) is 19.6 Å². The zero-order valence-electron chi connectivity index (χ0n) is 15.1. The minimum Gasteiger partial charge on any atom is -0.490 e. The van der Waals surface area contributed by atoms with Crippen molar-refractivity contribution in [2.45, 2.75) is 24.7 Å². The first-order chi connectivity index (χ1) is 12.7. The number of nitrogens with two attached hydrogens (primary N) is 1. The second-order valence-corrected chi connectivity index (χ2v) is 8.30. The van der Waals surface area contributed by atoms with Gasteiger partial charge in [0.15, 0.2) is 0 Å². The summed E-state index contributed by atoms with van der Waals surface area (Å²) in [6.07, 6.45) is 0. The molecule has 0 amide bonds. The van der Waals surface area contributed by atoms with Crippen molar-refractivity contribution < 1.29 is 22.7 Å². The molecule has 0 saturated heterocycles. The summed E-state index contributed by atoms with van der Waals surface area (Å²) in [6.45, 7) is 4.12. The normalized spacial score (nSPS) is 12.6. The third-order valence-corrected chi connectivity index (χ3v) is 5.08. The lowest BCUT2D eigenvalue weighted by Crippen LogP contribution is -2.23. The van der Waals surface area contributed by atoms with E-state index in [1.165, 1.54) is 24.3 Å². The van der Waals surface area contributed by atoms with E-state index in [1.807, 2.05) is 26.0 Å². The van der Waals surface area contributed by atoms with Crippen molar-refractivity contribution in [2.24, 2.45) is 11.1 Å². The molecule has 2 aromatic carbocycles. The molecule has 146 valence electrons. The van der Waals surface area contributed by atoms with E-state index in [0.29, 0.717) is 10.8 Å². The summed E-state index contributed by atoms with van der Waals surface area (Å²) in [4.78, 5) is 12.4. The average molecular weight is 412 g/mol. The number of benzene rings is 2. The van der Waals surface area contributed by atoms with E-state index >= 15 is 0 Å². The molecule has 0 bridgehead atoms. The van der Waals surface area contributed by atoms with Crippen molar-refractivity contribution >= 4 is 27.6 Å². The summed E-state index contributed by atoms with van der Waals surface area (Å²) in [5, 5.41) is 5.65. The van der Waals surface area contributed by atoms with Gasteiger partial charge in [-0.2, -0.15) is 0 Å². The number of hydrogen-bond acceptors (Lipinski definition) is 5. The van der Waals surface area contributed by atoms with Crippen LogP contribution in [0.4, 0.5) is 0 Å². The molecule has 2 aromatic rings. The van der Waals surface area contributed by atoms with E-state index in [0.717, 1.165) is 5.56 Å². The quantitative estimate of drug-likeness (QED) is 0.530. The molecule has 0 aliphatic carbocycles. The van der Waals surface area contributed by atoms with Gasteiger partial charge >= 0.3 is 5.97 Å². The first kappa shape index (κ1) is 21.2. The Kier molecular flexibility index (Phi) is 7.24. The van der Waals surface area contributed by atoms with Crippen LogP contribution < -0.4 is 9.88 Å². The fourth-order valence-electron chi connectivity index (χ4n) is 2.58. The largest absolute Gasteiger partial charge is 0.490 e. The van der Waals surface area contributed by atoms with Gasteiger partial charge in [-0.3, -0.25) is 4.79 Å². The standard InChI is InChI=1S/C19H22ClNO5S/c1-13(2)18(14-3-5-15(20)6-4-14)19(22)26-12-11-25-16-7-9-17(10-8-16)27(21,23)24/h3-10,13,18H,11-12H2,1-2H3,(H2,21,23,24)/t18-/m0/s1. The summed E-state index contributed by atoms with van der Waals surface area (Å²) in [7, 11) is -3.74. The molecule has 0 spiro atoms. The highest BCUT2D eigenvalue weighted by Gasteiger charge is 2.25. The summed E-state index contributed by atoms with van der Waals surface area (Å²) in [6, 6.07) is 12.8. The van der Waals surface area contributed by atoms with Crippen molar-refractivity contribution in [1.82, 2.24) is 0 Å². The molecule has 0 aliphatic heterocycles. The number of sulfonamides is 1. The molecule has 6 nitrogen and oxygen atoms in total. The van der Waals surface area contributed by atoms with E-state index in [1.54, 1.807) is 12.1 Å². The maximum Gasteiger partial charge on any atom is 0.313 e. The molecular weight excluding hydrogens is 390 g/mol. The van der Waals surface area contributed by atoms with Gasteiger partial charge < -0.3 is 9.47 Å². The van der Waals surface area contributed by atoms with Gasteiger partial charge in [0.05, 0.1) is 10.8 Å². The van der Waals surface area contributed by atoms with Gasteiger partial charge in [0.1, 0.15) is 19.0 Å². The van der Waals surface area contributed by atoms with Crippen molar-refractivity contribution in [1.29, 1.82) is 0 Å². The Balaban J connectivity index is 1.88. The molecule has 0 aliphatic rings. The molecule has 27 heavy (non-hydrogen) atoms. The third-order valence-electron chi connectivity index (χ3n) is 3.90. The minimum atomic E-state index is -3.74. The van der Waals surface area contributed by atoms with E-state index in [4.69, 9.17) is 26.2 Å². The Morgan fingerprint density at radius 1 is 1.04 bits per heavy atom. The molecule has 2 N–H and O–H groups in total. The lowest BCUT2D eigenvalue weighted by atomic mass is 9.88. The van der Waals surface area contributed by atoms with Crippen LogP contribution in [0.15, 0.2) is 53.4 Å². The van der Waals surface area contributed by atoms with Crippen LogP contribution in [0.5, 0.6) is 5.75 Å². The number of esters is 1. The number of ether oxygens (including phenoxy) is 2. The molecule has 0 aromatic heterocycles. The molecule has 0 heterocycles. The monoisotopic (exact) mass is 411 g/mol. The summed E-state index contributed by atoms with van der Waals surface area (Å²) < 4.78 is 33.2. The minimum absolute atomic E-state index is 0.00372. The highest BCUT2D eigenvalue weighted by Crippen LogP contribution is 2.27. The lowest BCUT2D eigenvalue weighted by Gasteiger charge is -2.20. The molecule has 0 radical (unpaired) electrons. The topological polar surface area (TPSA) is 95.7 Å². The van der Waals surface area contributed by atoms with Crippen LogP contribution in [0, 0.1) is 5.92 Å². The predicted molar refractivity (Wildman–Crippen MR) is 103 cm³/mol. The van der Waals surface area contributed by atoms with Crippen LogP contribution in [0.1, 0.15) is 25.3 Å². The molecule has 8 heteroatoms. The highest BCUT2D eigenvalue weighted by molar-refractivity contribution is 7.89. The van der Waals surface area contributed by atoms with E-state index in [9.17, 15) is 13.2 Å². The van der Waals surface area contributed by atoms with Crippen LogP contribution in [0.2, 0.25) is 5.02 Å². The van der Waals surface area contributed by atoms with Crippen molar-refractivity contribution in [3.05, 3.63) is 59.1 Å². The Morgan fingerprint density at radius 3 is 2.15 bits per heavy atom. The fourth-order valence-corrected chi connectivity index (χ4v) is 3.22. The predicted octanol–water partition coefficient (Wildman–Crippen LogP) is 3.35. The van der Waals surface area contributed by atoms with Crippen LogP contribution in [0.25, 0.3) is 0 Å². The third kappa shape index (κ3) is 6.23. The van der Waals surface area contributed by atoms with Gasteiger partial charge in [-0.1, -0.05) is 37.6 Å². The van der Waals surface area contributed by atoms with Gasteiger partial charge in [0, 0.05) is 5.02 Å². The van der Waals surface area contributed by atoms with Crippen LogP contribution >= 0.6 is 11.6 Å². The smallest absolute Gasteiger partial charge is 0.313 e. The van der Waals surface area contributed by atoms with Gasteiger partial charge in [-0.25, -0.2) is 13.6 Å². The van der Waals surface area contributed by atoms with Gasteiger partial charge in [0.2, 0.25) is 10.0 Å². The second kappa shape index (κ2) is 9.21. The van der Waals surface area contributed by atoms with Crippen LogP contribution in [-0.4, -0.2) is 27.6 Å². The first-order valence-corrected chi connectivity index (χ1v) is 10.3. The molecular formula is C19H22ClNO5S. The number of carbonyl (C=O) groups excluding carboxylic acids is 1. The van der Waals surface area contributed by atoms with Gasteiger partial charge in [0.25, 0.3) is 0 Å². The average Bonchev–Trinajstić information content (AvgIpc) is 2.60. The summed E-state index contributed by atoms with van der Waals surface area (Å²) in [5.41, 5.74) is 0.846. The molecule has 0 saturated carbocycles. The Bertz CT molecular complexity index is 864. The lowest BCUT2D eigenvalue weighted by molar-refractivity contribution is -0.147. The number of rotatable bonds is 8.